The van der Waals surface area contributed by atoms with E-state index in [2.05, 4.69) is 15.7 Å². The molecule has 0 fully saturated rings. The Morgan fingerprint density at radius 1 is 1.24 bits per heavy atom. The van der Waals surface area contributed by atoms with Crippen molar-refractivity contribution in [3.05, 3.63) is 53.3 Å². The van der Waals surface area contributed by atoms with E-state index < -0.39 is 5.97 Å². The summed E-state index contributed by atoms with van der Waals surface area (Å²) >= 11 is 0. The first-order valence-electron chi connectivity index (χ1n) is 6.37. The molecule has 0 bridgehead atoms. The van der Waals surface area contributed by atoms with Crippen molar-refractivity contribution < 1.29 is 14.7 Å². The van der Waals surface area contributed by atoms with E-state index in [1.54, 1.807) is 30.1 Å². The van der Waals surface area contributed by atoms with E-state index in [1.165, 1.54) is 12.1 Å². The maximum absolute atomic E-state index is 11.7. The first kappa shape index (κ1) is 14.6. The summed E-state index contributed by atoms with van der Waals surface area (Å²) in [4.78, 5) is 22.5. The zero-order valence-corrected chi connectivity index (χ0v) is 11.5. The van der Waals surface area contributed by atoms with Gasteiger partial charge in [0.2, 0.25) is 0 Å². The van der Waals surface area contributed by atoms with Gasteiger partial charge in [-0.1, -0.05) is 12.1 Å². The van der Waals surface area contributed by atoms with Crippen LogP contribution in [-0.2, 0) is 20.1 Å². The molecule has 1 heterocycles. The molecule has 3 N–H and O–H groups in total. The molecular weight excluding hydrogens is 272 g/mol. The van der Waals surface area contributed by atoms with Gasteiger partial charge in [0.15, 0.2) is 0 Å². The first-order valence-corrected chi connectivity index (χ1v) is 6.37. The lowest BCUT2D eigenvalue weighted by Crippen LogP contribution is -2.35. The number of benzene rings is 1. The molecule has 0 aliphatic carbocycles. The van der Waals surface area contributed by atoms with Crippen LogP contribution >= 0.6 is 0 Å². The number of aromatic carboxylic acids is 1. The second-order valence-corrected chi connectivity index (χ2v) is 4.49. The van der Waals surface area contributed by atoms with Crippen molar-refractivity contribution in [1.82, 2.24) is 20.4 Å². The van der Waals surface area contributed by atoms with Crippen molar-refractivity contribution in [3.63, 3.8) is 0 Å². The molecule has 1 aromatic heterocycles. The standard InChI is InChI=1S/C14H16N4O3/c1-18-12(5-6-17-18)9-16-14(21)15-8-10-3-2-4-11(7-10)13(19)20/h2-7H,8-9H2,1H3,(H,19,20)(H2,15,16,21). The van der Waals surface area contributed by atoms with Gasteiger partial charge < -0.3 is 15.7 Å². The van der Waals surface area contributed by atoms with Gasteiger partial charge in [-0.25, -0.2) is 9.59 Å². The van der Waals surface area contributed by atoms with Crippen molar-refractivity contribution in [2.75, 3.05) is 0 Å². The molecular formula is C14H16N4O3. The van der Waals surface area contributed by atoms with Crippen LogP contribution in [0.4, 0.5) is 4.79 Å². The molecule has 0 saturated heterocycles. The third-order valence-electron chi connectivity index (χ3n) is 2.98. The summed E-state index contributed by atoms with van der Waals surface area (Å²) in [6.07, 6.45) is 1.66. The number of carboxylic acid groups (broad SMARTS) is 1. The van der Waals surface area contributed by atoms with E-state index in [4.69, 9.17) is 5.11 Å². The smallest absolute Gasteiger partial charge is 0.335 e. The quantitative estimate of drug-likeness (QED) is 0.768. The number of aryl methyl sites for hydroxylation is 1. The van der Waals surface area contributed by atoms with Gasteiger partial charge in [0.1, 0.15) is 0 Å². The van der Waals surface area contributed by atoms with Gasteiger partial charge in [0.05, 0.1) is 17.8 Å². The molecule has 21 heavy (non-hydrogen) atoms. The van der Waals surface area contributed by atoms with E-state index in [1.807, 2.05) is 6.07 Å². The highest BCUT2D eigenvalue weighted by molar-refractivity contribution is 5.87. The van der Waals surface area contributed by atoms with E-state index in [-0.39, 0.29) is 18.1 Å². The highest BCUT2D eigenvalue weighted by Gasteiger charge is 2.05. The molecule has 2 rings (SSSR count). The number of aromatic nitrogens is 2. The monoisotopic (exact) mass is 288 g/mol. The molecule has 0 atom stereocenters. The molecule has 0 radical (unpaired) electrons. The van der Waals surface area contributed by atoms with Crippen LogP contribution in [0.5, 0.6) is 0 Å². The minimum absolute atomic E-state index is 0.199. The number of carbonyl (C=O) groups is 2. The number of urea groups is 1. The molecule has 110 valence electrons. The van der Waals surface area contributed by atoms with Crippen molar-refractivity contribution in [3.8, 4) is 0 Å². The zero-order chi connectivity index (χ0) is 15.2. The van der Waals surface area contributed by atoms with Crippen LogP contribution in [0.2, 0.25) is 0 Å². The molecule has 2 aromatic rings. The Kier molecular flexibility index (Phi) is 4.55. The van der Waals surface area contributed by atoms with Crippen LogP contribution < -0.4 is 10.6 Å². The summed E-state index contributed by atoms with van der Waals surface area (Å²) in [5.41, 5.74) is 1.81. The largest absolute Gasteiger partial charge is 0.478 e. The number of nitrogens with one attached hydrogen (secondary N) is 2. The highest BCUT2D eigenvalue weighted by Crippen LogP contribution is 2.05. The molecule has 1 aromatic carbocycles. The first-order chi connectivity index (χ1) is 10.1. The van der Waals surface area contributed by atoms with Crippen LogP contribution in [0.3, 0.4) is 0 Å². The summed E-state index contributed by atoms with van der Waals surface area (Å²) in [6, 6.07) is 7.94. The molecule has 7 nitrogen and oxygen atoms in total. The Labute approximate surface area is 121 Å². The summed E-state index contributed by atoms with van der Waals surface area (Å²) in [7, 11) is 1.80. The van der Waals surface area contributed by atoms with E-state index >= 15 is 0 Å². The summed E-state index contributed by atoms with van der Waals surface area (Å²) in [5.74, 6) is -0.988. The number of carbonyl (C=O) groups excluding carboxylic acids is 1. The zero-order valence-electron chi connectivity index (χ0n) is 11.5. The van der Waals surface area contributed by atoms with Gasteiger partial charge in [-0.3, -0.25) is 4.68 Å². The highest BCUT2D eigenvalue weighted by atomic mass is 16.4. The number of hydrogen-bond donors (Lipinski definition) is 3. The van der Waals surface area contributed by atoms with Crippen LogP contribution in [0.15, 0.2) is 36.5 Å². The Morgan fingerprint density at radius 2 is 2.00 bits per heavy atom. The van der Waals surface area contributed by atoms with Crippen molar-refractivity contribution in [2.24, 2.45) is 7.05 Å². The van der Waals surface area contributed by atoms with Crippen LogP contribution in [0.25, 0.3) is 0 Å². The average Bonchev–Trinajstić information content (AvgIpc) is 2.88. The van der Waals surface area contributed by atoms with E-state index in [9.17, 15) is 9.59 Å². The Bertz CT molecular complexity index is 651. The third kappa shape index (κ3) is 4.07. The second kappa shape index (κ2) is 6.56. The normalized spacial score (nSPS) is 10.1. The fourth-order valence-electron chi connectivity index (χ4n) is 1.80. The third-order valence-corrected chi connectivity index (χ3v) is 2.98. The Balaban J connectivity index is 1.82. The predicted molar refractivity (Wildman–Crippen MR) is 75.7 cm³/mol. The second-order valence-electron chi connectivity index (χ2n) is 4.49. The van der Waals surface area contributed by atoms with E-state index in [0.717, 1.165) is 11.3 Å². The fourth-order valence-corrected chi connectivity index (χ4v) is 1.80. The SMILES string of the molecule is Cn1nccc1CNC(=O)NCc1cccc(C(=O)O)c1. The molecule has 0 spiro atoms. The maximum atomic E-state index is 11.7. The lowest BCUT2D eigenvalue weighted by Gasteiger charge is -2.08. The van der Waals surface area contributed by atoms with Crippen molar-refractivity contribution >= 4 is 12.0 Å². The van der Waals surface area contributed by atoms with Crippen molar-refractivity contribution in [2.45, 2.75) is 13.1 Å². The van der Waals surface area contributed by atoms with E-state index in [0.29, 0.717) is 6.54 Å². The van der Waals surface area contributed by atoms with Gasteiger partial charge in [0, 0.05) is 19.8 Å². The molecule has 0 aliphatic rings. The summed E-state index contributed by atoms with van der Waals surface area (Å²) in [5, 5.41) is 18.3. The molecule has 7 heteroatoms. The van der Waals surface area contributed by atoms with Crippen LogP contribution in [-0.4, -0.2) is 26.9 Å². The minimum Gasteiger partial charge on any atom is -0.478 e. The molecule has 2 amide bonds. The average molecular weight is 288 g/mol. The number of carboxylic acids is 1. The number of amides is 2. The number of hydrogen-bond acceptors (Lipinski definition) is 3. The van der Waals surface area contributed by atoms with Gasteiger partial charge in [-0.05, 0) is 23.8 Å². The topological polar surface area (TPSA) is 96.3 Å². The predicted octanol–water partition coefficient (Wildman–Crippen LogP) is 1.12. The Morgan fingerprint density at radius 3 is 2.67 bits per heavy atom. The number of rotatable bonds is 5. The molecule has 0 saturated carbocycles. The Hall–Kier alpha value is -2.83. The fraction of sp³-hybridized carbons (Fsp3) is 0.214. The maximum Gasteiger partial charge on any atom is 0.335 e. The van der Waals surface area contributed by atoms with Gasteiger partial charge in [-0.15, -0.1) is 0 Å². The van der Waals surface area contributed by atoms with Crippen LogP contribution in [0.1, 0.15) is 21.6 Å². The lowest BCUT2D eigenvalue weighted by molar-refractivity contribution is 0.0696. The molecule has 0 aliphatic heterocycles. The summed E-state index contributed by atoms with van der Waals surface area (Å²) in [6.45, 7) is 0.635. The molecule has 0 unspecified atom stereocenters. The van der Waals surface area contributed by atoms with Crippen molar-refractivity contribution in [1.29, 1.82) is 0 Å². The minimum atomic E-state index is -0.988. The summed E-state index contributed by atoms with van der Waals surface area (Å²) < 4.78 is 1.68. The van der Waals surface area contributed by atoms with Gasteiger partial charge >= 0.3 is 12.0 Å². The van der Waals surface area contributed by atoms with Gasteiger partial charge in [-0.2, -0.15) is 5.10 Å². The lowest BCUT2D eigenvalue weighted by atomic mass is 10.1. The van der Waals surface area contributed by atoms with Gasteiger partial charge in [0.25, 0.3) is 0 Å². The van der Waals surface area contributed by atoms with Crippen LogP contribution in [0, 0.1) is 0 Å². The number of nitrogens with zero attached hydrogens (tertiary/aromatic N) is 2.